The van der Waals surface area contributed by atoms with Gasteiger partial charge in [0.25, 0.3) is 0 Å². The van der Waals surface area contributed by atoms with Crippen molar-refractivity contribution in [1.82, 2.24) is 9.88 Å². The van der Waals surface area contributed by atoms with Gasteiger partial charge in [0.1, 0.15) is 5.82 Å². The van der Waals surface area contributed by atoms with Crippen LogP contribution in [0.4, 0.5) is 5.82 Å². The number of rotatable bonds is 2. The van der Waals surface area contributed by atoms with E-state index in [1.54, 1.807) is 0 Å². The fourth-order valence-corrected chi connectivity index (χ4v) is 3.01. The molecule has 16 heavy (non-hydrogen) atoms. The maximum atomic E-state index is 4.33. The van der Waals surface area contributed by atoms with E-state index < -0.39 is 0 Å². The maximum Gasteiger partial charge on any atom is 0.126 e. The summed E-state index contributed by atoms with van der Waals surface area (Å²) in [5.41, 5.74) is 0. The van der Waals surface area contributed by atoms with Crippen molar-refractivity contribution in [2.24, 2.45) is 0 Å². The fraction of sp³-hybridized carbons (Fsp3) is 0.615. The summed E-state index contributed by atoms with van der Waals surface area (Å²) in [4.78, 5) is 6.98. The summed E-state index contributed by atoms with van der Waals surface area (Å²) in [6.45, 7) is 2.58. The molecule has 3 rings (SSSR count). The molecule has 0 spiro atoms. The van der Waals surface area contributed by atoms with Crippen LogP contribution in [-0.2, 0) is 0 Å². The molecule has 0 aromatic carbocycles. The van der Waals surface area contributed by atoms with Gasteiger partial charge in [0.05, 0.1) is 0 Å². The molecule has 2 saturated heterocycles. The van der Waals surface area contributed by atoms with E-state index in [2.05, 4.69) is 21.3 Å². The molecule has 3 nitrogen and oxygen atoms in total. The van der Waals surface area contributed by atoms with Crippen LogP contribution in [0.3, 0.4) is 0 Å². The lowest BCUT2D eigenvalue weighted by atomic mass is 9.97. The average Bonchev–Trinajstić information content (AvgIpc) is 2.77. The lowest BCUT2D eigenvalue weighted by Crippen LogP contribution is -2.42. The van der Waals surface area contributed by atoms with Gasteiger partial charge in [0, 0.05) is 24.8 Å². The number of pyridine rings is 1. The molecule has 3 heterocycles. The molecule has 2 aliphatic rings. The largest absolute Gasteiger partial charge is 0.367 e. The molecule has 2 atom stereocenters. The number of piperidine rings is 1. The topological polar surface area (TPSA) is 28.2 Å². The van der Waals surface area contributed by atoms with Crippen LogP contribution >= 0.6 is 0 Å². The molecule has 0 radical (unpaired) electrons. The van der Waals surface area contributed by atoms with E-state index in [0.29, 0.717) is 6.04 Å². The number of nitrogens with zero attached hydrogens (tertiary/aromatic N) is 2. The highest BCUT2D eigenvalue weighted by molar-refractivity contribution is 5.34. The summed E-state index contributed by atoms with van der Waals surface area (Å²) in [6, 6.07) is 7.51. The predicted molar refractivity (Wildman–Crippen MR) is 65.5 cm³/mol. The Morgan fingerprint density at radius 1 is 1.25 bits per heavy atom. The monoisotopic (exact) mass is 217 g/mol. The van der Waals surface area contributed by atoms with Gasteiger partial charge < -0.3 is 10.2 Å². The quantitative estimate of drug-likeness (QED) is 0.822. The van der Waals surface area contributed by atoms with Crippen LogP contribution in [0.1, 0.15) is 25.7 Å². The van der Waals surface area contributed by atoms with Crippen LogP contribution in [0.2, 0.25) is 0 Å². The van der Waals surface area contributed by atoms with Crippen molar-refractivity contribution in [1.29, 1.82) is 0 Å². The van der Waals surface area contributed by atoms with Crippen LogP contribution in [0.25, 0.3) is 0 Å². The van der Waals surface area contributed by atoms with Gasteiger partial charge in [0.15, 0.2) is 0 Å². The van der Waals surface area contributed by atoms with Crippen LogP contribution in [0.5, 0.6) is 0 Å². The number of hydrogen-bond acceptors (Lipinski definition) is 3. The second-order valence-corrected chi connectivity index (χ2v) is 4.91. The summed E-state index contributed by atoms with van der Waals surface area (Å²) in [5, 5.41) is 3.56. The Kier molecular flexibility index (Phi) is 2.79. The molecule has 2 fully saturated rings. The molecule has 1 aromatic rings. The molecule has 2 unspecified atom stereocenters. The highest BCUT2D eigenvalue weighted by Gasteiger charge is 2.31. The molecule has 86 valence electrons. The zero-order valence-electron chi connectivity index (χ0n) is 9.60. The van der Waals surface area contributed by atoms with Crippen LogP contribution < -0.4 is 5.32 Å². The number of fused-ring (bicyclic) bond motifs is 1. The van der Waals surface area contributed by atoms with E-state index in [1.165, 1.54) is 38.8 Å². The molecule has 2 aliphatic heterocycles. The lowest BCUT2D eigenvalue weighted by molar-refractivity contribution is 0.188. The smallest absolute Gasteiger partial charge is 0.126 e. The van der Waals surface area contributed by atoms with Crippen LogP contribution in [0.15, 0.2) is 24.4 Å². The Bertz CT molecular complexity index is 338. The molecule has 1 N–H and O–H groups in total. The number of aromatic nitrogens is 1. The Morgan fingerprint density at radius 2 is 2.25 bits per heavy atom. The molecule has 3 heteroatoms. The molecule has 0 amide bonds. The normalized spacial score (nSPS) is 30.0. The van der Waals surface area contributed by atoms with Gasteiger partial charge in [-0.1, -0.05) is 6.07 Å². The van der Waals surface area contributed by atoms with E-state index in [4.69, 9.17) is 0 Å². The lowest BCUT2D eigenvalue weighted by Gasteiger charge is -2.35. The maximum absolute atomic E-state index is 4.33. The zero-order chi connectivity index (χ0) is 10.8. The third kappa shape index (κ3) is 2.05. The van der Waals surface area contributed by atoms with Crippen molar-refractivity contribution in [3.05, 3.63) is 24.4 Å². The van der Waals surface area contributed by atoms with Crippen molar-refractivity contribution in [3.8, 4) is 0 Å². The first kappa shape index (κ1) is 10.1. The molecular formula is C13H19N3. The number of hydrogen-bond donors (Lipinski definition) is 1. The summed E-state index contributed by atoms with van der Waals surface area (Å²) < 4.78 is 0. The van der Waals surface area contributed by atoms with E-state index in [1.807, 2.05) is 18.3 Å². The second kappa shape index (κ2) is 4.42. The van der Waals surface area contributed by atoms with Crippen LogP contribution in [-0.4, -0.2) is 35.1 Å². The Labute approximate surface area is 96.9 Å². The van der Waals surface area contributed by atoms with Gasteiger partial charge >= 0.3 is 0 Å². The first-order valence-corrected chi connectivity index (χ1v) is 6.33. The predicted octanol–water partition coefficient (Wildman–Crippen LogP) is 2.12. The summed E-state index contributed by atoms with van der Waals surface area (Å²) in [5.74, 6) is 1.03. The van der Waals surface area contributed by atoms with E-state index in [9.17, 15) is 0 Å². The minimum atomic E-state index is 0.620. The fourth-order valence-electron chi connectivity index (χ4n) is 3.01. The SMILES string of the molecule is c1ccc(NC2CCN3CCCC3C2)nc1. The van der Waals surface area contributed by atoms with E-state index >= 15 is 0 Å². The molecule has 1 aromatic heterocycles. The van der Waals surface area contributed by atoms with Crippen molar-refractivity contribution in [2.75, 3.05) is 18.4 Å². The third-order valence-electron chi connectivity index (χ3n) is 3.84. The van der Waals surface area contributed by atoms with Crippen LogP contribution in [0, 0.1) is 0 Å². The summed E-state index contributed by atoms with van der Waals surface area (Å²) >= 11 is 0. The van der Waals surface area contributed by atoms with Crippen molar-refractivity contribution < 1.29 is 0 Å². The Morgan fingerprint density at radius 3 is 3.12 bits per heavy atom. The highest BCUT2D eigenvalue weighted by Crippen LogP contribution is 2.28. The molecular weight excluding hydrogens is 198 g/mol. The van der Waals surface area contributed by atoms with Crippen molar-refractivity contribution in [3.63, 3.8) is 0 Å². The number of anilines is 1. The minimum Gasteiger partial charge on any atom is -0.367 e. The van der Waals surface area contributed by atoms with Gasteiger partial charge in [-0.15, -0.1) is 0 Å². The van der Waals surface area contributed by atoms with Gasteiger partial charge in [-0.05, 0) is 44.4 Å². The molecule has 0 saturated carbocycles. The minimum absolute atomic E-state index is 0.620. The molecule has 0 aliphatic carbocycles. The van der Waals surface area contributed by atoms with Crippen molar-refractivity contribution >= 4 is 5.82 Å². The first-order chi connectivity index (χ1) is 7.92. The van der Waals surface area contributed by atoms with Gasteiger partial charge in [-0.2, -0.15) is 0 Å². The summed E-state index contributed by atoms with van der Waals surface area (Å²) in [6.07, 6.45) is 7.18. The van der Waals surface area contributed by atoms with Gasteiger partial charge in [-0.3, -0.25) is 0 Å². The van der Waals surface area contributed by atoms with E-state index in [0.717, 1.165) is 11.9 Å². The summed E-state index contributed by atoms with van der Waals surface area (Å²) in [7, 11) is 0. The second-order valence-electron chi connectivity index (χ2n) is 4.91. The highest BCUT2D eigenvalue weighted by atomic mass is 15.2. The van der Waals surface area contributed by atoms with Gasteiger partial charge in [-0.25, -0.2) is 4.98 Å². The zero-order valence-corrected chi connectivity index (χ0v) is 9.60. The van der Waals surface area contributed by atoms with Gasteiger partial charge in [0.2, 0.25) is 0 Å². The Hall–Kier alpha value is -1.09. The average molecular weight is 217 g/mol. The Balaban J connectivity index is 1.60. The number of nitrogens with one attached hydrogen (secondary N) is 1. The molecule has 0 bridgehead atoms. The first-order valence-electron chi connectivity index (χ1n) is 6.33. The standard InChI is InChI=1S/C13H19N3/c1-2-7-14-13(5-1)15-11-6-9-16-8-3-4-12(16)10-11/h1-2,5,7,11-12H,3-4,6,8-10H2,(H,14,15). The van der Waals surface area contributed by atoms with E-state index in [-0.39, 0.29) is 0 Å². The van der Waals surface area contributed by atoms with Crippen molar-refractivity contribution in [2.45, 2.75) is 37.8 Å². The third-order valence-corrected chi connectivity index (χ3v) is 3.84.